The minimum Gasteiger partial charge on any atom is -0.389 e. The van der Waals surface area contributed by atoms with Crippen molar-refractivity contribution in [3.63, 3.8) is 0 Å². The molecule has 0 radical (unpaired) electrons. The van der Waals surface area contributed by atoms with E-state index < -0.39 is 5.60 Å². The maximum Gasteiger partial charge on any atom is 0.0771 e. The summed E-state index contributed by atoms with van der Waals surface area (Å²) in [7, 11) is 0. The molecule has 0 atom stereocenters. The lowest BCUT2D eigenvalue weighted by Gasteiger charge is -2.40. The number of rotatable bonds is 5. The van der Waals surface area contributed by atoms with Crippen LogP contribution in [0.4, 0.5) is 0 Å². The summed E-state index contributed by atoms with van der Waals surface area (Å²) in [6.45, 7) is 8.00. The molecule has 0 amide bonds. The van der Waals surface area contributed by atoms with Crippen molar-refractivity contribution in [1.29, 1.82) is 0 Å². The first-order chi connectivity index (χ1) is 9.95. The van der Waals surface area contributed by atoms with Crippen molar-refractivity contribution in [3.8, 4) is 0 Å². The fraction of sp³-hybridized carbons (Fsp3) is 1.00. The molecule has 2 aliphatic rings. The summed E-state index contributed by atoms with van der Waals surface area (Å²) in [5.74, 6) is 0.890. The molecule has 2 heteroatoms. The van der Waals surface area contributed by atoms with Crippen LogP contribution in [0.1, 0.15) is 91.4 Å². The minimum absolute atomic E-state index is 0.421. The van der Waals surface area contributed by atoms with Crippen LogP contribution in [-0.2, 0) is 0 Å². The second kappa shape index (κ2) is 7.46. The van der Waals surface area contributed by atoms with Gasteiger partial charge in [-0.05, 0) is 49.9 Å². The van der Waals surface area contributed by atoms with Gasteiger partial charge in [-0.2, -0.15) is 0 Å². The Morgan fingerprint density at radius 2 is 1.57 bits per heavy atom. The normalized spacial score (nSPS) is 30.9. The summed E-state index contributed by atoms with van der Waals surface area (Å²) < 4.78 is 0. The third-order valence-corrected chi connectivity index (χ3v) is 6.50. The molecular formula is C19H37NO. The molecule has 0 bridgehead atoms. The lowest BCUT2D eigenvalue weighted by molar-refractivity contribution is 0.0196. The highest BCUT2D eigenvalue weighted by Gasteiger charge is 2.33. The summed E-state index contributed by atoms with van der Waals surface area (Å²) in [6, 6.07) is 0.640. The highest BCUT2D eigenvalue weighted by molar-refractivity contribution is 4.88. The molecule has 0 aromatic heterocycles. The van der Waals surface area contributed by atoms with Crippen molar-refractivity contribution in [2.75, 3.05) is 6.54 Å². The molecule has 0 saturated heterocycles. The molecule has 0 spiro atoms. The average Bonchev–Trinajstić information content (AvgIpc) is 2.71. The maximum atomic E-state index is 10.7. The summed E-state index contributed by atoms with van der Waals surface area (Å²) in [5, 5.41) is 14.4. The van der Waals surface area contributed by atoms with Crippen LogP contribution in [0.15, 0.2) is 0 Å². The van der Waals surface area contributed by atoms with Crippen molar-refractivity contribution in [3.05, 3.63) is 0 Å². The van der Waals surface area contributed by atoms with Crippen molar-refractivity contribution >= 4 is 0 Å². The number of hydrogen-bond acceptors (Lipinski definition) is 2. The smallest absolute Gasteiger partial charge is 0.0771 e. The molecule has 0 unspecified atom stereocenters. The molecule has 2 nitrogen and oxygen atoms in total. The summed E-state index contributed by atoms with van der Waals surface area (Å²) >= 11 is 0. The van der Waals surface area contributed by atoms with Gasteiger partial charge >= 0.3 is 0 Å². The second-order valence-corrected chi connectivity index (χ2v) is 8.41. The van der Waals surface area contributed by atoms with Crippen molar-refractivity contribution < 1.29 is 5.11 Å². The molecule has 2 rings (SSSR count). The average molecular weight is 296 g/mol. The van der Waals surface area contributed by atoms with Gasteiger partial charge in [-0.1, -0.05) is 52.9 Å². The third-order valence-electron chi connectivity index (χ3n) is 6.50. The first-order valence-electron chi connectivity index (χ1n) is 9.41. The monoisotopic (exact) mass is 295 g/mol. The Morgan fingerprint density at radius 3 is 2.10 bits per heavy atom. The van der Waals surface area contributed by atoms with E-state index in [1.165, 1.54) is 57.8 Å². The van der Waals surface area contributed by atoms with Gasteiger partial charge in [0.15, 0.2) is 0 Å². The summed E-state index contributed by atoms with van der Waals surface area (Å²) in [6.07, 6.45) is 13.6. The van der Waals surface area contributed by atoms with Crippen LogP contribution in [0.25, 0.3) is 0 Å². The van der Waals surface area contributed by atoms with Gasteiger partial charge in [0.1, 0.15) is 0 Å². The van der Waals surface area contributed by atoms with Gasteiger partial charge in [0.2, 0.25) is 0 Å². The van der Waals surface area contributed by atoms with Crippen LogP contribution < -0.4 is 5.32 Å². The zero-order chi connectivity index (χ0) is 15.3. The fourth-order valence-corrected chi connectivity index (χ4v) is 4.27. The molecule has 2 aliphatic carbocycles. The van der Waals surface area contributed by atoms with Crippen LogP contribution in [-0.4, -0.2) is 23.3 Å². The Hall–Kier alpha value is -0.0800. The summed E-state index contributed by atoms with van der Waals surface area (Å²) in [4.78, 5) is 0. The molecule has 2 fully saturated rings. The van der Waals surface area contributed by atoms with Gasteiger partial charge in [-0.3, -0.25) is 0 Å². The Balaban J connectivity index is 1.73. The second-order valence-electron chi connectivity index (χ2n) is 8.41. The topological polar surface area (TPSA) is 32.3 Å². The molecular weight excluding hydrogens is 258 g/mol. The van der Waals surface area contributed by atoms with Gasteiger partial charge in [0, 0.05) is 12.6 Å². The van der Waals surface area contributed by atoms with Crippen LogP contribution in [0.5, 0.6) is 0 Å². The van der Waals surface area contributed by atoms with Crippen LogP contribution in [0.3, 0.4) is 0 Å². The van der Waals surface area contributed by atoms with E-state index in [4.69, 9.17) is 0 Å². The highest BCUT2D eigenvalue weighted by Crippen LogP contribution is 2.40. The first-order valence-corrected chi connectivity index (χ1v) is 9.41. The standard InChI is InChI=1S/C19H37NO/c1-4-18(2,3)16-9-11-17(12-10-16)20-15-19(21)13-7-5-6-8-14-19/h16-17,20-21H,4-15H2,1-3H3. The SMILES string of the molecule is CCC(C)(C)C1CCC(NCC2(O)CCCCCC2)CC1. The van der Waals surface area contributed by atoms with Gasteiger partial charge in [-0.15, -0.1) is 0 Å². The van der Waals surface area contributed by atoms with Crippen LogP contribution in [0.2, 0.25) is 0 Å². The van der Waals surface area contributed by atoms with Gasteiger partial charge in [0.25, 0.3) is 0 Å². The number of aliphatic hydroxyl groups is 1. The van der Waals surface area contributed by atoms with E-state index in [9.17, 15) is 5.11 Å². The predicted octanol–water partition coefficient (Wildman–Crippen LogP) is 4.66. The van der Waals surface area contributed by atoms with E-state index in [0.717, 1.165) is 25.3 Å². The largest absolute Gasteiger partial charge is 0.389 e. The number of nitrogens with one attached hydrogen (secondary N) is 1. The van der Waals surface area contributed by atoms with Gasteiger partial charge in [0.05, 0.1) is 5.60 Å². The Bertz CT molecular complexity index is 297. The third kappa shape index (κ3) is 4.96. The zero-order valence-electron chi connectivity index (χ0n) is 14.6. The lowest BCUT2D eigenvalue weighted by Crippen LogP contribution is -2.46. The van der Waals surface area contributed by atoms with E-state index in [1.807, 2.05) is 0 Å². The van der Waals surface area contributed by atoms with E-state index in [0.29, 0.717) is 11.5 Å². The number of hydrogen-bond donors (Lipinski definition) is 2. The summed E-state index contributed by atoms with van der Waals surface area (Å²) in [5.41, 5.74) is 0.0838. The van der Waals surface area contributed by atoms with Gasteiger partial charge in [-0.25, -0.2) is 0 Å². The molecule has 0 aromatic carbocycles. The fourth-order valence-electron chi connectivity index (χ4n) is 4.27. The van der Waals surface area contributed by atoms with Gasteiger partial charge < -0.3 is 10.4 Å². The molecule has 2 saturated carbocycles. The molecule has 0 heterocycles. The molecule has 0 aliphatic heterocycles. The maximum absolute atomic E-state index is 10.7. The van der Waals surface area contributed by atoms with E-state index >= 15 is 0 Å². The first kappa shape index (κ1) is 17.3. The van der Waals surface area contributed by atoms with Crippen molar-refractivity contribution in [2.24, 2.45) is 11.3 Å². The predicted molar refractivity (Wildman–Crippen MR) is 90.5 cm³/mol. The van der Waals surface area contributed by atoms with E-state index in [2.05, 4.69) is 26.1 Å². The molecule has 21 heavy (non-hydrogen) atoms. The molecule has 2 N–H and O–H groups in total. The highest BCUT2D eigenvalue weighted by atomic mass is 16.3. The molecule has 124 valence electrons. The quantitative estimate of drug-likeness (QED) is 0.723. The minimum atomic E-state index is -0.421. The Labute approximate surface area is 132 Å². The van der Waals surface area contributed by atoms with E-state index in [-0.39, 0.29) is 0 Å². The van der Waals surface area contributed by atoms with Crippen LogP contribution >= 0.6 is 0 Å². The zero-order valence-corrected chi connectivity index (χ0v) is 14.6. The van der Waals surface area contributed by atoms with Crippen LogP contribution in [0, 0.1) is 11.3 Å². The Kier molecular flexibility index (Phi) is 6.14. The van der Waals surface area contributed by atoms with E-state index in [1.54, 1.807) is 0 Å². The molecule has 0 aromatic rings. The lowest BCUT2D eigenvalue weighted by atomic mass is 9.69. The van der Waals surface area contributed by atoms with Crippen molar-refractivity contribution in [2.45, 2.75) is 103 Å². The van der Waals surface area contributed by atoms with Crippen molar-refractivity contribution in [1.82, 2.24) is 5.32 Å². The Morgan fingerprint density at radius 1 is 1.00 bits per heavy atom.